The molecule has 0 aliphatic carbocycles. The second-order valence-electron chi connectivity index (χ2n) is 4.19. The highest BCUT2D eigenvalue weighted by molar-refractivity contribution is 9.11. The second-order valence-corrected chi connectivity index (χ2v) is 6.02. The van der Waals surface area contributed by atoms with E-state index in [-0.39, 0.29) is 25.1 Å². The fourth-order valence-electron chi connectivity index (χ4n) is 2.19. The third kappa shape index (κ3) is 4.18. The van der Waals surface area contributed by atoms with Crippen LogP contribution in [0.5, 0.6) is 0 Å². The zero-order chi connectivity index (χ0) is 12.3. The van der Waals surface area contributed by atoms with E-state index in [9.17, 15) is 5.11 Å². The van der Waals surface area contributed by atoms with Gasteiger partial charge in [0.05, 0.1) is 12.6 Å². The van der Waals surface area contributed by atoms with Crippen LogP contribution in [0.25, 0.3) is 0 Å². The molecule has 6 heteroatoms. The van der Waals surface area contributed by atoms with Crippen LogP contribution < -0.4 is 5.32 Å². The van der Waals surface area contributed by atoms with Gasteiger partial charge in [0.15, 0.2) is 0 Å². The maximum absolute atomic E-state index is 9.62. The molecule has 0 spiro atoms. The lowest BCUT2D eigenvalue weighted by atomic mass is 10.1. The highest BCUT2D eigenvalue weighted by Crippen LogP contribution is 2.27. The highest BCUT2D eigenvalue weighted by Gasteiger charge is 2.21. The largest absolute Gasteiger partial charge is 0.394 e. The Labute approximate surface area is 131 Å². The first-order valence-electron chi connectivity index (χ1n) is 5.72. The van der Waals surface area contributed by atoms with Gasteiger partial charge in [-0.25, -0.2) is 0 Å². The number of nitrogens with zero attached hydrogens (tertiary/aromatic N) is 1. The van der Waals surface area contributed by atoms with Crippen molar-refractivity contribution >= 4 is 44.3 Å². The summed E-state index contributed by atoms with van der Waals surface area (Å²) in [5, 5.41) is 12.9. The Balaban J connectivity index is 0.00000162. The van der Waals surface area contributed by atoms with Crippen LogP contribution in [0.2, 0.25) is 0 Å². The van der Waals surface area contributed by atoms with Crippen LogP contribution in [-0.2, 0) is 0 Å². The van der Waals surface area contributed by atoms with Gasteiger partial charge in [-0.05, 0) is 23.8 Å². The quantitative estimate of drug-likeness (QED) is 0.819. The van der Waals surface area contributed by atoms with Crippen LogP contribution in [0, 0.1) is 0 Å². The van der Waals surface area contributed by atoms with Crippen molar-refractivity contribution in [2.45, 2.75) is 6.04 Å². The summed E-state index contributed by atoms with van der Waals surface area (Å²) in [5.41, 5.74) is 1.15. The molecule has 1 fully saturated rings. The Morgan fingerprint density at radius 2 is 1.72 bits per heavy atom. The molecule has 0 unspecified atom stereocenters. The van der Waals surface area contributed by atoms with Crippen molar-refractivity contribution in [2.24, 2.45) is 0 Å². The van der Waals surface area contributed by atoms with Crippen molar-refractivity contribution in [3.8, 4) is 0 Å². The fourth-order valence-corrected chi connectivity index (χ4v) is 3.52. The zero-order valence-electron chi connectivity index (χ0n) is 9.90. The molecule has 0 saturated carbocycles. The summed E-state index contributed by atoms with van der Waals surface area (Å²) in [6.45, 7) is 4.10. The number of nitrogens with one attached hydrogen (secondary N) is 1. The maximum Gasteiger partial charge on any atom is 0.0628 e. The summed E-state index contributed by atoms with van der Waals surface area (Å²) < 4.78 is 2.07. The maximum atomic E-state index is 9.62. The van der Waals surface area contributed by atoms with E-state index in [1.165, 1.54) is 0 Å². The standard InChI is InChI=1S/C12H16Br2N2O.ClH/c13-10-5-9(6-11(14)7-10)12(8-17)16-3-1-15-2-4-16;/h5-7,12,15,17H,1-4,8H2;1H/t12-;/m1./s1. The van der Waals surface area contributed by atoms with E-state index in [4.69, 9.17) is 0 Å². The first kappa shape index (κ1) is 16.4. The van der Waals surface area contributed by atoms with Gasteiger partial charge in [-0.1, -0.05) is 31.9 Å². The van der Waals surface area contributed by atoms with E-state index in [0.717, 1.165) is 40.7 Å². The molecule has 0 radical (unpaired) electrons. The van der Waals surface area contributed by atoms with Crippen molar-refractivity contribution in [1.82, 2.24) is 10.2 Å². The topological polar surface area (TPSA) is 35.5 Å². The minimum atomic E-state index is 0. The lowest BCUT2D eigenvalue weighted by Crippen LogP contribution is -2.46. The molecule has 1 atom stereocenters. The summed E-state index contributed by atoms with van der Waals surface area (Å²) in [4.78, 5) is 2.32. The summed E-state index contributed by atoms with van der Waals surface area (Å²) in [6, 6.07) is 6.25. The van der Waals surface area contributed by atoms with Crippen LogP contribution in [0.1, 0.15) is 11.6 Å². The molecule has 0 bridgehead atoms. The van der Waals surface area contributed by atoms with Gasteiger partial charge in [0, 0.05) is 35.1 Å². The van der Waals surface area contributed by atoms with Crippen molar-refractivity contribution in [1.29, 1.82) is 0 Å². The Morgan fingerprint density at radius 3 is 2.22 bits per heavy atom. The molecule has 2 rings (SSSR count). The van der Waals surface area contributed by atoms with Gasteiger partial charge in [0.25, 0.3) is 0 Å². The Morgan fingerprint density at radius 1 is 1.17 bits per heavy atom. The minimum Gasteiger partial charge on any atom is -0.394 e. The summed E-state index contributed by atoms with van der Waals surface area (Å²) >= 11 is 6.98. The molecule has 1 aromatic rings. The minimum absolute atomic E-state index is 0. The van der Waals surface area contributed by atoms with Gasteiger partial charge in [-0.15, -0.1) is 12.4 Å². The van der Waals surface area contributed by atoms with Gasteiger partial charge in [0.2, 0.25) is 0 Å². The lowest BCUT2D eigenvalue weighted by Gasteiger charge is -2.34. The summed E-state index contributed by atoms with van der Waals surface area (Å²) in [6.07, 6.45) is 0. The number of piperazine rings is 1. The third-order valence-electron chi connectivity index (χ3n) is 3.03. The number of halogens is 3. The van der Waals surface area contributed by atoms with Gasteiger partial charge in [0.1, 0.15) is 0 Å². The van der Waals surface area contributed by atoms with Crippen LogP contribution in [0.15, 0.2) is 27.1 Å². The normalized spacial score (nSPS) is 18.2. The van der Waals surface area contributed by atoms with Crippen molar-refractivity contribution in [3.05, 3.63) is 32.7 Å². The molecule has 18 heavy (non-hydrogen) atoms. The number of hydrogen-bond donors (Lipinski definition) is 2. The molecule has 0 amide bonds. The number of aliphatic hydroxyl groups is 1. The van der Waals surface area contributed by atoms with Gasteiger partial charge in [-0.2, -0.15) is 0 Å². The van der Waals surface area contributed by atoms with E-state index >= 15 is 0 Å². The number of hydrogen-bond acceptors (Lipinski definition) is 3. The number of aliphatic hydroxyl groups excluding tert-OH is 1. The van der Waals surface area contributed by atoms with Gasteiger partial charge in [-0.3, -0.25) is 4.90 Å². The molecule has 1 aliphatic rings. The molecular weight excluding hydrogens is 383 g/mol. The molecule has 2 N–H and O–H groups in total. The average Bonchev–Trinajstić information content (AvgIpc) is 2.30. The van der Waals surface area contributed by atoms with Crippen molar-refractivity contribution in [2.75, 3.05) is 32.8 Å². The SMILES string of the molecule is Cl.OC[C@H](c1cc(Br)cc(Br)c1)N1CCNCC1. The Bertz CT molecular complexity index is 366. The monoisotopic (exact) mass is 398 g/mol. The van der Waals surface area contributed by atoms with E-state index in [0.29, 0.717) is 0 Å². The van der Waals surface area contributed by atoms with Crippen molar-refractivity contribution < 1.29 is 5.11 Å². The van der Waals surface area contributed by atoms with E-state index in [2.05, 4.69) is 54.2 Å². The summed E-state index contributed by atoms with van der Waals surface area (Å²) in [7, 11) is 0. The van der Waals surface area contributed by atoms with Gasteiger partial charge < -0.3 is 10.4 Å². The smallest absolute Gasteiger partial charge is 0.0628 e. The first-order valence-corrected chi connectivity index (χ1v) is 7.31. The molecule has 1 aliphatic heterocycles. The van der Waals surface area contributed by atoms with Crippen molar-refractivity contribution in [3.63, 3.8) is 0 Å². The predicted octanol–water partition coefficient (Wildman–Crippen LogP) is 2.57. The summed E-state index contributed by atoms with van der Waals surface area (Å²) in [5.74, 6) is 0. The van der Waals surface area contributed by atoms with Crippen LogP contribution in [0.3, 0.4) is 0 Å². The fraction of sp³-hybridized carbons (Fsp3) is 0.500. The molecule has 1 aromatic carbocycles. The predicted molar refractivity (Wildman–Crippen MR) is 83.4 cm³/mol. The lowest BCUT2D eigenvalue weighted by molar-refractivity contribution is 0.111. The molecule has 0 aromatic heterocycles. The van der Waals surface area contributed by atoms with Gasteiger partial charge >= 0.3 is 0 Å². The molecule has 1 saturated heterocycles. The number of benzene rings is 1. The van der Waals surface area contributed by atoms with E-state index in [1.54, 1.807) is 0 Å². The molecular formula is C12H17Br2ClN2O. The Kier molecular flexibility index (Phi) is 7.13. The van der Waals surface area contributed by atoms with Crippen LogP contribution in [-0.4, -0.2) is 42.8 Å². The molecule has 1 heterocycles. The van der Waals surface area contributed by atoms with E-state index < -0.39 is 0 Å². The molecule has 3 nitrogen and oxygen atoms in total. The van der Waals surface area contributed by atoms with Crippen LogP contribution in [0.4, 0.5) is 0 Å². The Hall–Kier alpha value is 0.350. The molecule has 102 valence electrons. The average molecular weight is 401 g/mol. The first-order chi connectivity index (χ1) is 8.20. The number of rotatable bonds is 3. The van der Waals surface area contributed by atoms with Crippen LogP contribution >= 0.6 is 44.3 Å². The van der Waals surface area contributed by atoms with E-state index in [1.807, 2.05) is 6.07 Å². The third-order valence-corrected chi connectivity index (χ3v) is 3.95. The zero-order valence-corrected chi connectivity index (χ0v) is 13.9. The highest BCUT2D eigenvalue weighted by atomic mass is 79.9. The second kappa shape index (κ2) is 7.82.